The molecule has 20 nitrogen and oxygen atoms in total. The maximum absolute atomic E-state index is 8.02. The molecule has 12 rings (SSSR count). The second kappa shape index (κ2) is 60.6. The molecular weight excluding hydrogens is 1600 g/mol. The van der Waals surface area contributed by atoms with E-state index in [-0.39, 0.29) is 0 Å². The molecule has 0 bridgehead atoms. The molecule has 12 heterocycles. The number of likely N-dealkylation sites (N-methyl/N-ethyl adjacent to an activating group) is 2. The highest BCUT2D eigenvalue weighted by molar-refractivity contribution is 9.11. The molecule has 24 heteroatoms. The van der Waals surface area contributed by atoms with Gasteiger partial charge in [0.05, 0.1) is 26.3 Å². The van der Waals surface area contributed by atoms with Crippen LogP contribution in [0.25, 0.3) is 68.3 Å². The molecule has 0 aliphatic carbocycles. The molecule has 10 aromatic rings. The van der Waals surface area contributed by atoms with Crippen LogP contribution >= 0.6 is 31.9 Å². The van der Waals surface area contributed by atoms with Crippen molar-refractivity contribution >= 4 is 70.9 Å². The molecule has 116 heavy (non-hydrogen) atoms. The fraction of sp³-hybridized carbons (Fsp3) is 0.413. The number of pyridine rings is 4. The van der Waals surface area contributed by atoms with Crippen LogP contribution in [-0.4, -0.2) is 122 Å². The maximum Gasteiger partial charge on any atom is 0.568 e. The largest absolute Gasteiger partial charge is 0.568 e. The van der Waals surface area contributed by atoms with Crippen molar-refractivity contribution < 1.29 is 36.8 Å². The van der Waals surface area contributed by atoms with Gasteiger partial charge < -0.3 is 46.6 Å². The lowest BCUT2D eigenvalue weighted by molar-refractivity contribution is 0.369. The molecule has 0 aromatic carbocycles. The monoisotopic (exact) mass is 1720 g/mol. The third-order valence-electron chi connectivity index (χ3n) is 17.0. The standard InChI is InChI=1S/C16H22N2O.C15H22N2O.C15H16N2O.C14H16N2O.C10H20Si.2C8H5BrN2O.C6H12BO2/c1-3-4-5-6-7-9-15-13-19-17-16(15)14-10-8-11-18(2)12-14;1-3-4-5-6-8-14-12-18-16-15(14)13-9-7-10-17(2)11-13;1-2-3-4-5-6-8-14-12-18-17-15(14)13-9-7-10-16-11-13;1-2-3-4-5-7-13-11-17-16-14(13)12-8-6-9-15-10-12;1-5-6-7-8-9-10-11(2,3)4;2*9-7-5-12-11-8(7)6-2-1-3-10-4-6;1-2-3-4-5-6-9-7-8/h10,13H,3-6,8,11-12H2,1-2H3;6,8-9,12H,3-5,7,10-11H2,1-2H3;7,9-12H,2-5H2,1H3;5-11H,2-4H2,1H3;5-8H2,1-4H3;2*1-5H;5-6,8H,2-4H2,1H3/b;8-6+;;7-5+;;;;6-5+. The van der Waals surface area contributed by atoms with Crippen LogP contribution in [-0.2, 0) is 4.65 Å². The molecule has 0 saturated heterocycles. The molecule has 0 saturated carbocycles. The predicted molar refractivity (Wildman–Crippen MR) is 480 cm³/mol. The van der Waals surface area contributed by atoms with Gasteiger partial charge in [0, 0.05) is 128 Å². The zero-order valence-corrected chi connectivity index (χ0v) is 74.1. The topological polar surface area (TPSA) is 244 Å². The molecule has 0 spiro atoms. The van der Waals surface area contributed by atoms with E-state index < -0.39 is 8.07 Å². The van der Waals surface area contributed by atoms with Crippen molar-refractivity contribution in [2.75, 3.05) is 40.3 Å². The average molecular weight is 1720 g/mol. The van der Waals surface area contributed by atoms with Gasteiger partial charge in [-0.3, -0.25) is 19.9 Å². The van der Waals surface area contributed by atoms with Crippen LogP contribution in [0.3, 0.4) is 0 Å². The fourth-order valence-corrected chi connectivity index (χ4v) is 12.3. The zero-order chi connectivity index (χ0) is 83.3. The molecule has 0 atom stereocenters. The molecule has 0 amide bonds. The van der Waals surface area contributed by atoms with Gasteiger partial charge in [-0.15, -0.1) is 11.5 Å². The lowest BCUT2D eigenvalue weighted by atomic mass is 10.0. The highest BCUT2D eigenvalue weighted by atomic mass is 79.9. The molecule has 1 radical (unpaired) electrons. The van der Waals surface area contributed by atoms with Crippen molar-refractivity contribution in [1.29, 1.82) is 0 Å². The van der Waals surface area contributed by atoms with Crippen molar-refractivity contribution in [2.45, 2.75) is 209 Å². The Kier molecular flexibility index (Phi) is 50.6. The molecule has 2 aliphatic heterocycles. The molecule has 2 aliphatic rings. The quantitative estimate of drug-likeness (QED) is 0.0207. The van der Waals surface area contributed by atoms with E-state index >= 15 is 0 Å². The number of unbranched alkanes of at least 4 members (excludes halogenated alkanes) is 15. The summed E-state index contributed by atoms with van der Waals surface area (Å²) in [4.78, 5) is 20.7. The number of hydrogen-bond donors (Lipinski definition) is 1. The first-order chi connectivity index (χ1) is 56.7. The third-order valence-corrected chi connectivity index (χ3v) is 19.1. The second-order valence-electron chi connectivity index (χ2n) is 28.3. The Balaban J connectivity index is 0.000000239. The average Bonchev–Trinajstić information content (AvgIpc) is 1.70. The summed E-state index contributed by atoms with van der Waals surface area (Å²) in [5, 5.41) is 31.9. The SMILES string of the molecule is Brc1conc1-c1cccnc1.Brc1conc1-c1cccnc1.CCCC/C=C/O[B]O.CCCC/C=C/c1conc1-c1cccnc1.CCCC/C=C/c1conc1C1=CCCN(C)C1.CCCCCC#C[Si](C)(C)C.CCCCCC#Cc1conc1-c1cccnc1.CCCCCC#Cc1conc1C1=CCCN(C)C1. The lowest BCUT2D eigenvalue weighted by Gasteiger charge is -2.21. The summed E-state index contributed by atoms with van der Waals surface area (Å²) < 4.78 is 35.9. The van der Waals surface area contributed by atoms with Crippen molar-refractivity contribution in [3.63, 3.8) is 0 Å². The van der Waals surface area contributed by atoms with E-state index in [1.54, 1.807) is 87.2 Å². The highest BCUT2D eigenvalue weighted by Crippen LogP contribution is 2.29. The molecule has 1 N–H and O–H groups in total. The van der Waals surface area contributed by atoms with E-state index in [2.05, 4.69) is 244 Å². The van der Waals surface area contributed by atoms with E-state index in [1.807, 2.05) is 54.6 Å². The lowest BCUT2D eigenvalue weighted by Crippen LogP contribution is -2.25. The van der Waals surface area contributed by atoms with Crippen LogP contribution < -0.4 is 0 Å². The minimum Gasteiger partial charge on any atom is -0.544 e. The first kappa shape index (κ1) is 96.7. The van der Waals surface area contributed by atoms with Crippen molar-refractivity contribution in [3.05, 3.63) is 215 Å². The van der Waals surface area contributed by atoms with Gasteiger partial charge >= 0.3 is 7.69 Å². The fourth-order valence-electron chi connectivity index (χ4n) is 10.8. The van der Waals surface area contributed by atoms with E-state index in [4.69, 9.17) is 32.2 Å². The van der Waals surface area contributed by atoms with E-state index in [0.717, 1.165) is 172 Å². The molecule has 0 fully saturated rings. The number of aromatic nitrogens is 10. The number of halogens is 2. The second-order valence-corrected chi connectivity index (χ2v) is 34.7. The Bertz CT molecular complexity index is 4500. The minimum absolute atomic E-state index is 0.669. The molecular formula is C92H118BBr2N12O8Si. The van der Waals surface area contributed by atoms with Crippen LogP contribution in [0.5, 0.6) is 0 Å². The van der Waals surface area contributed by atoms with Gasteiger partial charge in [-0.1, -0.05) is 229 Å². The first-order valence-electron chi connectivity index (χ1n) is 40.6. The third kappa shape index (κ3) is 40.1. The van der Waals surface area contributed by atoms with E-state index in [9.17, 15) is 0 Å². The Morgan fingerprint density at radius 1 is 0.448 bits per heavy atom. The van der Waals surface area contributed by atoms with Crippen LogP contribution in [0.4, 0.5) is 0 Å². The van der Waals surface area contributed by atoms with Gasteiger partial charge in [0.15, 0.2) is 0 Å². The summed E-state index contributed by atoms with van der Waals surface area (Å²) >= 11 is 6.64. The van der Waals surface area contributed by atoms with Crippen LogP contribution in [0.15, 0.2) is 208 Å². The van der Waals surface area contributed by atoms with Gasteiger partial charge in [-0.2, -0.15) is 0 Å². The van der Waals surface area contributed by atoms with Crippen LogP contribution in [0, 0.1) is 35.1 Å². The Labute approximate surface area is 708 Å². The summed E-state index contributed by atoms with van der Waals surface area (Å²) in [7, 11) is 3.86. The minimum atomic E-state index is -1.08. The summed E-state index contributed by atoms with van der Waals surface area (Å²) in [6.07, 6.45) is 67.0. The summed E-state index contributed by atoms with van der Waals surface area (Å²) in [5.41, 5.74) is 18.7. The van der Waals surface area contributed by atoms with E-state index in [0.29, 0.717) is 7.69 Å². The van der Waals surface area contributed by atoms with E-state index in [1.165, 1.54) is 107 Å². The number of nitrogens with zero attached hydrogens (tertiary/aromatic N) is 12. The predicted octanol–water partition coefficient (Wildman–Crippen LogP) is 24.2. The van der Waals surface area contributed by atoms with Crippen molar-refractivity contribution in [2.24, 2.45) is 0 Å². The van der Waals surface area contributed by atoms with Gasteiger partial charge in [-0.25, -0.2) is 0 Å². The van der Waals surface area contributed by atoms with Gasteiger partial charge in [0.1, 0.15) is 79.8 Å². The Morgan fingerprint density at radius 2 is 0.810 bits per heavy atom. The van der Waals surface area contributed by atoms with Gasteiger partial charge in [0.2, 0.25) is 0 Å². The molecule has 615 valence electrons. The highest BCUT2D eigenvalue weighted by Gasteiger charge is 2.18. The van der Waals surface area contributed by atoms with Gasteiger partial charge in [0.25, 0.3) is 0 Å². The Hall–Kier alpha value is -9.84. The van der Waals surface area contributed by atoms with Crippen LogP contribution in [0.2, 0.25) is 19.6 Å². The van der Waals surface area contributed by atoms with Crippen LogP contribution in [0.1, 0.15) is 223 Å². The van der Waals surface area contributed by atoms with Crippen molar-refractivity contribution in [1.82, 2.24) is 60.7 Å². The number of allylic oxidation sites excluding steroid dienone is 3. The summed E-state index contributed by atoms with van der Waals surface area (Å²) in [6.45, 7) is 24.2. The van der Waals surface area contributed by atoms with Crippen molar-refractivity contribution in [3.8, 4) is 80.2 Å². The maximum atomic E-state index is 8.02. The number of hydrogen-bond acceptors (Lipinski definition) is 20. The molecule has 0 unspecified atom stereocenters. The van der Waals surface area contributed by atoms with Gasteiger partial charge in [-0.05, 0) is 163 Å². The molecule has 10 aromatic heterocycles. The summed E-state index contributed by atoms with van der Waals surface area (Å²) in [5.74, 6) is 16.0. The first-order valence-corrected chi connectivity index (χ1v) is 45.7. The Morgan fingerprint density at radius 3 is 1.22 bits per heavy atom. The number of rotatable bonds is 28. The normalized spacial score (nSPS) is 12.3. The summed E-state index contributed by atoms with van der Waals surface area (Å²) in [6, 6.07) is 15.3. The smallest absolute Gasteiger partial charge is 0.544 e. The zero-order valence-electron chi connectivity index (χ0n) is 69.9.